The lowest BCUT2D eigenvalue weighted by atomic mass is 9.89. The van der Waals surface area contributed by atoms with E-state index in [9.17, 15) is 9.90 Å². The molecule has 2 aliphatic rings. The van der Waals surface area contributed by atoms with Gasteiger partial charge in [0.05, 0.1) is 5.56 Å². The number of aryl methyl sites for hydroxylation is 1. The first kappa shape index (κ1) is 15.3. The van der Waals surface area contributed by atoms with Crippen molar-refractivity contribution < 1.29 is 9.90 Å². The van der Waals surface area contributed by atoms with Crippen LogP contribution in [-0.4, -0.2) is 42.6 Å². The van der Waals surface area contributed by atoms with Crippen LogP contribution in [0.4, 0.5) is 0 Å². The highest BCUT2D eigenvalue weighted by atomic mass is 16.3. The number of nitrogens with zero attached hydrogens (tertiary/aromatic N) is 1. The number of phenolic OH excluding ortho intramolecular Hbond substituents is 1. The molecule has 1 aliphatic carbocycles. The molecule has 1 aliphatic heterocycles. The molecule has 4 heteroatoms. The Bertz CT molecular complexity index is 556. The van der Waals surface area contributed by atoms with Gasteiger partial charge >= 0.3 is 0 Å². The first-order chi connectivity index (χ1) is 10.6. The number of carbonyl (C=O) groups excluding carboxylic acids is 1. The molecule has 1 saturated heterocycles. The van der Waals surface area contributed by atoms with Crippen LogP contribution < -0.4 is 5.32 Å². The first-order valence-electron chi connectivity index (χ1n) is 8.45. The first-order valence-corrected chi connectivity index (χ1v) is 8.45. The fraction of sp³-hybridized carbons (Fsp3) is 0.611. The third-order valence-electron chi connectivity index (χ3n) is 5.02. The van der Waals surface area contributed by atoms with Crippen molar-refractivity contribution in [2.24, 2.45) is 5.92 Å². The molecule has 22 heavy (non-hydrogen) atoms. The van der Waals surface area contributed by atoms with E-state index in [1.165, 1.54) is 24.8 Å². The van der Waals surface area contributed by atoms with Gasteiger partial charge in [-0.1, -0.05) is 6.07 Å². The standard InChI is InChI=1S/C18H26N2O2/c1-20-10-4-5-13(12-20)11-19-18(22)16-9-8-14-6-2-3-7-15(14)17(16)21/h8-9,13,21H,2-7,10-12H2,1H3,(H,19,22). The quantitative estimate of drug-likeness (QED) is 0.901. The second-order valence-electron chi connectivity index (χ2n) is 6.79. The molecule has 1 unspecified atom stereocenters. The molecule has 1 heterocycles. The third-order valence-corrected chi connectivity index (χ3v) is 5.02. The van der Waals surface area contributed by atoms with E-state index < -0.39 is 0 Å². The van der Waals surface area contributed by atoms with Crippen LogP contribution in [0.2, 0.25) is 0 Å². The fourth-order valence-corrected chi connectivity index (χ4v) is 3.76. The number of fused-ring (bicyclic) bond motifs is 1. The van der Waals surface area contributed by atoms with Crippen molar-refractivity contribution in [2.45, 2.75) is 38.5 Å². The Hall–Kier alpha value is -1.55. The zero-order valence-corrected chi connectivity index (χ0v) is 13.4. The average molecular weight is 302 g/mol. The summed E-state index contributed by atoms with van der Waals surface area (Å²) < 4.78 is 0. The van der Waals surface area contributed by atoms with E-state index in [0.717, 1.165) is 37.9 Å². The van der Waals surface area contributed by atoms with Crippen LogP contribution in [0.15, 0.2) is 12.1 Å². The smallest absolute Gasteiger partial charge is 0.255 e. The van der Waals surface area contributed by atoms with Crippen LogP contribution in [0, 0.1) is 5.92 Å². The molecule has 0 saturated carbocycles. The Morgan fingerprint density at radius 2 is 2.14 bits per heavy atom. The molecular formula is C18H26N2O2. The number of benzene rings is 1. The fourth-order valence-electron chi connectivity index (χ4n) is 3.76. The molecule has 3 rings (SSSR count). The van der Waals surface area contributed by atoms with Gasteiger partial charge < -0.3 is 15.3 Å². The van der Waals surface area contributed by atoms with Gasteiger partial charge in [-0.3, -0.25) is 4.79 Å². The van der Waals surface area contributed by atoms with Gasteiger partial charge in [0.25, 0.3) is 5.91 Å². The highest BCUT2D eigenvalue weighted by Crippen LogP contribution is 2.31. The van der Waals surface area contributed by atoms with Crippen molar-refractivity contribution in [1.29, 1.82) is 0 Å². The minimum atomic E-state index is -0.140. The summed E-state index contributed by atoms with van der Waals surface area (Å²) in [5, 5.41) is 13.4. The lowest BCUT2D eigenvalue weighted by Gasteiger charge is -2.29. The summed E-state index contributed by atoms with van der Waals surface area (Å²) in [5.41, 5.74) is 2.62. The molecule has 120 valence electrons. The Labute approximate surface area is 132 Å². The molecule has 0 radical (unpaired) electrons. The molecule has 0 aromatic heterocycles. The number of hydrogen-bond donors (Lipinski definition) is 2. The molecule has 0 spiro atoms. The topological polar surface area (TPSA) is 52.6 Å². The van der Waals surface area contributed by atoms with E-state index in [-0.39, 0.29) is 11.7 Å². The number of nitrogens with one attached hydrogen (secondary N) is 1. The van der Waals surface area contributed by atoms with Gasteiger partial charge in [-0.2, -0.15) is 0 Å². The average Bonchev–Trinajstić information content (AvgIpc) is 2.53. The number of amides is 1. The van der Waals surface area contributed by atoms with E-state index >= 15 is 0 Å². The van der Waals surface area contributed by atoms with Crippen LogP contribution in [0.1, 0.15) is 47.2 Å². The highest BCUT2D eigenvalue weighted by molar-refractivity contribution is 5.97. The van der Waals surface area contributed by atoms with Gasteiger partial charge in [-0.05, 0) is 75.2 Å². The number of aromatic hydroxyl groups is 1. The van der Waals surface area contributed by atoms with Crippen molar-refractivity contribution in [1.82, 2.24) is 10.2 Å². The van der Waals surface area contributed by atoms with Crippen molar-refractivity contribution >= 4 is 5.91 Å². The number of hydrogen-bond acceptors (Lipinski definition) is 3. The summed E-state index contributed by atoms with van der Waals surface area (Å²) in [5.74, 6) is 0.581. The predicted octanol–water partition coefficient (Wildman–Crippen LogP) is 2.34. The second-order valence-corrected chi connectivity index (χ2v) is 6.79. The molecule has 1 aromatic carbocycles. The normalized spacial score (nSPS) is 22.1. The number of piperidine rings is 1. The van der Waals surface area contributed by atoms with Crippen molar-refractivity contribution in [2.75, 3.05) is 26.7 Å². The van der Waals surface area contributed by atoms with Gasteiger partial charge in [-0.15, -0.1) is 0 Å². The number of phenols is 1. The van der Waals surface area contributed by atoms with Gasteiger partial charge in [0.15, 0.2) is 0 Å². The summed E-state index contributed by atoms with van der Waals surface area (Å²) in [4.78, 5) is 14.7. The highest BCUT2D eigenvalue weighted by Gasteiger charge is 2.21. The summed E-state index contributed by atoms with van der Waals surface area (Å²) in [6.45, 7) is 2.88. The van der Waals surface area contributed by atoms with E-state index in [2.05, 4.69) is 17.3 Å². The molecular weight excluding hydrogens is 276 g/mol. The zero-order chi connectivity index (χ0) is 15.5. The summed E-state index contributed by atoms with van der Waals surface area (Å²) in [6, 6.07) is 3.79. The number of carbonyl (C=O) groups is 1. The van der Waals surface area contributed by atoms with Crippen LogP contribution in [-0.2, 0) is 12.8 Å². The maximum atomic E-state index is 12.4. The SMILES string of the molecule is CN1CCCC(CNC(=O)c2ccc3c(c2O)CCCC3)C1. The number of likely N-dealkylation sites (tertiary alicyclic amines) is 1. The lowest BCUT2D eigenvalue weighted by Crippen LogP contribution is -2.39. The molecule has 4 nitrogen and oxygen atoms in total. The summed E-state index contributed by atoms with van der Waals surface area (Å²) in [6.07, 6.45) is 6.53. The maximum Gasteiger partial charge on any atom is 0.255 e. The zero-order valence-electron chi connectivity index (χ0n) is 13.4. The van der Waals surface area contributed by atoms with Gasteiger partial charge in [0.2, 0.25) is 0 Å². The van der Waals surface area contributed by atoms with E-state index in [1.807, 2.05) is 6.07 Å². The molecule has 0 bridgehead atoms. The minimum Gasteiger partial charge on any atom is -0.507 e. The molecule has 1 amide bonds. The predicted molar refractivity (Wildman–Crippen MR) is 87.3 cm³/mol. The summed E-state index contributed by atoms with van der Waals surface area (Å²) in [7, 11) is 2.13. The minimum absolute atomic E-state index is 0.140. The summed E-state index contributed by atoms with van der Waals surface area (Å²) >= 11 is 0. The Kier molecular flexibility index (Phi) is 4.67. The molecule has 2 N–H and O–H groups in total. The van der Waals surface area contributed by atoms with Crippen LogP contribution in [0.5, 0.6) is 5.75 Å². The van der Waals surface area contributed by atoms with E-state index in [1.54, 1.807) is 6.07 Å². The largest absolute Gasteiger partial charge is 0.507 e. The second kappa shape index (κ2) is 6.69. The molecule has 1 aromatic rings. The molecule has 1 fully saturated rings. The van der Waals surface area contributed by atoms with Gasteiger partial charge in [0.1, 0.15) is 5.75 Å². The monoisotopic (exact) mass is 302 g/mol. The van der Waals surface area contributed by atoms with Crippen LogP contribution in [0.25, 0.3) is 0 Å². The third kappa shape index (κ3) is 3.27. The Balaban J connectivity index is 1.65. The van der Waals surface area contributed by atoms with Crippen molar-refractivity contribution in [3.05, 3.63) is 28.8 Å². The molecule has 1 atom stereocenters. The van der Waals surface area contributed by atoms with E-state index in [4.69, 9.17) is 0 Å². The van der Waals surface area contributed by atoms with Crippen LogP contribution >= 0.6 is 0 Å². The van der Waals surface area contributed by atoms with Crippen molar-refractivity contribution in [3.8, 4) is 5.75 Å². The maximum absolute atomic E-state index is 12.4. The lowest BCUT2D eigenvalue weighted by molar-refractivity contribution is 0.0934. The van der Waals surface area contributed by atoms with Gasteiger partial charge in [-0.25, -0.2) is 0 Å². The van der Waals surface area contributed by atoms with Crippen molar-refractivity contribution in [3.63, 3.8) is 0 Å². The van der Waals surface area contributed by atoms with E-state index in [0.29, 0.717) is 18.0 Å². The Morgan fingerprint density at radius 3 is 2.95 bits per heavy atom. The Morgan fingerprint density at radius 1 is 1.32 bits per heavy atom. The number of rotatable bonds is 3. The van der Waals surface area contributed by atoms with Gasteiger partial charge in [0, 0.05) is 13.1 Å². The van der Waals surface area contributed by atoms with Crippen LogP contribution in [0.3, 0.4) is 0 Å².